The summed E-state index contributed by atoms with van der Waals surface area (Å²) >= 11 is 0. The molecule has 1 aliphatic heterocycles. The first-order valence-electron chi connectivity index (χ1n) is 9.89. The van der Waals surface area contributed by atoms with Gasteiger partial charge < -0.3 is 4.90 Å². The molecule has 0 radical (unpaired) electrons. The van der Waals surface area contributed by atoms with Crippen molar-refractivity contribution < 1.29 is 22.4 Å². The molecule has 2 aliphatic rings. The standard InChI is InChI=1S/C22H22F4N2O/c1-13-3-2-8-28(13)21(29)9-14-4-6-16-18(14)11-27-12-19(16)17-7-5-15(10-20(17)23)22(24,25)26/h5,7,10-14H,2-4,6,8-9H2,1H3. The van der Waals surface area contributed by atoms with Gasteiger partial charge in [-0.3, -0.25) is 9.78 Å². The molecule has 1 fully saturated rings. The van der Waals surface area contributed by atoms with Crippen LogP contribution in [0.2, 0.25) is 0 Å². The van der Waals surface area contributed by atoms with Crippen molar-refractivity contribution in [2.75, 3.05) is 6.54 Å². The minimum Gasteiger partial charge on any atom is -0.340 e. The molecule has 1 aliphatic carbocycles. The third kappa shape index (κ3) is 3.74. The van der Waals surface area contributed by atoms with E-state index in [1.807, 2.05) is 4.90 Å². The normalized spacial score (nSPS) is 21.5. The van der Waals surface area contributed by atoms with Gasteiger partial charge in [-0.15, -0.1) is 0 Å². The smallest absolute Gasteiger partial charge is 0.340 e. The Labute approximate surface area is 166 Å². The van der Waals surface area contributed by atoms with Crippen molar-refractivity contribution >= 4 is 5.91 Å². The summed E-state index contributed by atoms with van der Waals surface area (Å²) in [6, 6.07) is 2.84. The molecule has 1 aromatic heterocycles. The minimum absolute atomic E-state index is 0.00950. The van der Waals surface area contributed by atoms with E-state index in [2.05, 4.69) is 11.9 Å². The molecule has 1 amide bonds. The van der Waals surface area contributed by atoms with E-state index in [1.165, 1.54) is 12.3 Å². The maximum Gasteiger partial charge on any atom is 0.416 e. The number of aromatic nitrogens is 1. The Hall–Kier alpha value is -2.44. The molecule has 1 aromatic carbocycles. The van der Waals surface area contributed by atoms with E-state index >= 15 is 0 Å². The molecule has 3 nitrogen and oxygen atoms in total. The summed E-state index contributed by atoms with van der Waals surface area (Å²) in [6.07, 6.45) is 2.45. The highest BCUT2D eigenvalue weighted by Crippen LogP contribution is 2.42. The molecule has 0 saturated carbocycles. The lowest BCUT2D eigenvalue weighted by Gasteiger charge is -2.23. The Morgan fingerprint density at radius 3 is 2.66 bits per heavy atom. The number of fused-ring (bicyclic) bond motifs is 1. The number of alkyl halides is 3. The van der Waals surface area contributed by atoms with Gasteiger partial charge in [0.25, 0.3) is 0 Å². The average molecular weight is 406 g/mol. The molecule has 0 bridgehead atoms. The summed E-state index contributed by atoms with van der Waals surface area (Å²) in [5.74, 6) is -0.783. The molecule has 1 saturated heterocycles. The summed E-state index contributed by atoms with van der Waals surface area (Å²) < 4.78 is 53.0. The van der Waals surface area contributed by atoms with Gasteiger partial charge in [0.15, 0.2) is 0 Å². The quantitative estimate of drug-likeness (QED) is 0.645. The van der Waals surface area contributed by atoms with Crippen LogP contribution in [-0.4, -0.2) is 28.4 Å². The van der Waals surface area contributed by atoms with Gasteiger partial charge >= 0.3 is 6.18 Å². The molecule has 154 valence electrons. The molecule has 29 heavy (non-hydrogen) atoms. The highest BCUT2D eigenvalue weighted by atomic mass is 19.4. The van der Waals surface area contributed by atoms with Crippen molar-refractivity contribution in [1.82, 2.24) is 9.88 Å². The maximum absolute atomic E-state index is 14.5. The summed E-state index contributed by atoms with van der Waals surface area (Å²) in [5.41, 5.74) is 1.40. The number of halogens is 4. The molecule has 2 heterocycles. The number of hydrogen-bond acceptors (Lipinski definition) is 2. The fourth-order valence-electron chi connectivity index (χ4n) is 4.59. The first kappa shape index (κ1) is 19.9. The van der Waals surface area contributed by atoms with Gasteiger partial charge in [-0.2, -0.15) is 13.2 Å². The van der Waals surface area contributed by atoms with Crippen LogP contribution in [0.5, 0.6) is 0 Å². The molecule has 4 rings (SSSR count). The van der Waals surface area contributed by atoms with Crippen molar-refractivity contribution in [2.24, 2.45) is 0 Å². The number of nitrogens with zero attached hydrogens (tertiary/aromatic N) is 2. The van der Waals surface area contributed by atoms with E-state index < -0.39 is 17.6 Å². The Kier molecular flexibility index (Phi) is 5.09. The van der Waals surface area contributed by atoms with E-state index in [-0.39, 0.29) is 23.4 Å². The predicted octanol–water partition coefficient (Wildman–Crippen LogP) is 5.34. The van der Waals surface area contributed by atoms with Crippen LogP contribution in [0.25, 0.3) is 11.1 Å². The number of amides is 1. The van der Waals surface area contributed by atoms with Gasteiger partial charge in [0.2, 0.25) is 5.91 Å². The third-order valence-electron chi connectivity index (χ3n) is 6.15. The average Bonchev–Trinajstić information content (AvgIpc) is 3.27. The Morgan fingerprint density at radius 2 is 2.00 bits per heavy atom. The first-order valence-corrected chi connectivity index (χ1v) is 9.89. The summed E-state index contributed by atoms with van der Waals surface area (Å²) in [4.78, 5) is 18.8. The number of pyridine rings is 1. The molecular formula is C22H22F4N2O. The van der Waals surface area contributed by atoms with E-state index in [4.69, 9.17) is 0 Å². The fourth-order valence-corrected chi connectivity index (χ4v) is 4.59. The largest absolute Gasteiger partial charge is 0.416 e. The zero-order valence-electron chi connectivity index (χ0n) is 16.1. The van der Waals surface area contributed by atoms with E-state index in [0.717, 1.165) is 43.0 Å². The number of benzene rings is 1. The van der Waals surface area contributed by atoms with Gasteiger partial charge in [0.1, 0.15) is 5.82 Å². The van der Waals surface area contributed by atoms with Gasteiger partial charge in [-0.1, -0.05) is 6.07 Å². The monoisotopic (exact) mass is 406 g/mol. The number of carbonyl (C=O) groups is 1. The second-order valence-corrected chi connectivity index (χ2v) is 7.97. The Bertz CT molecular complexity index is 941. The molecule has 0 N–H and O–H groups in total. The van der Waals surface area contributed by atoms with E-state index in [9.17, 15) is 22.4 Å². The molecular weight excluding hydrogens is 384 g/mol. The lowest BCUT2D eigenvalue weighted by molar-refractivity contribution is -0.137. The van der Waals surface area contributed by atoms with Crippen LogP contribution >= 0.6 is 0 Å². The molecule has 7 heteroatoms. The zero-order chi connectivity index (χ0) is 20.8. The summed E-state index contributed by atoms with van der Waals surface area (Å²) in [6.45, 7) is 2.84. The zero-order valence-corrected chi connectivity index (χ0v) is 16.1. The van der Waals surface area contributed by atoms with Gasteiger partial charge in [0.05, 0.1) is 5.56 Å². The molecule has 0 spiro atoms. The van der Waals surface area contributed by atoms with Gasteiger partial charge in [0, 0.05) is 42.5 Å². The van der Waals surface area contributed by atoms with Crippen LogP contribution in [0.15, 0.2) is 30.6 Å². The number of carbonyl (C=O) groups excluding carboxylic acids is 1. The third-order valence-corrected chi connectivity index (χ3v) is 6.15. The number of rotatable bonds is 3. The molecule has 2 unspecified atom stereocenters. The highest BCUT2D eigenvalue weighted by molar-refractivity contribution is 5.78. The van der Waals surface area contributed by atoms with Crippen molar-refractivity contribution in [3.05, 3.63) is 53.1 Å². The van der Waals surface area contributed by atoms with Crippen molar-refractivity contribution in [3.63, 3.8) is 0 Å². The number of likely N-dealkylation sites (tertiary alicyclic amines) is 1. The maximum atomic E-state index is 14.5. The Morgan fingerprint density at radius 1 is 1.21 bits per heavy atom. The Balaban J connectivity index is 1.61. The minimum atomic E-state index is -4.59. The van der Waals surface area contributed by atoms with Crippen LogP contribution < -0.4 is 0 Å². The fraction of sp³-hybridized carbons (Fsp3) is 0.455. The van der Waals surface area contributed by atoms with E-state index in [1.54, 1.807) is 6.20 Å². The second kappa shape index (κ2) is 7.43. The SMILES string of the molecule is CC1CCCN1C(=O)CC1CCc2c(-c3ccc(C(F)(F)F)cc3F)cncc21. The van der Waals surface area contributed by atoms with Crippen molar-refractivity contribution in [1.29, 1.82) is 0 Å². The van der Waals surface area contributed by atoms with Gasteiger partial charge in [-0.05, 0) is 61.8 Å². The van der Waals surface area contributed by atoms with Crippen LogP contribution in [0, 0.1) is 5.82 Å². The highest BCUT2D eigenvalue weighted by Gasteiger charge is 2.33. The van der Waals surface area contributed by atoms with Crippen LogP contribution in [0.1, 0.15) is 55.2 Å². The predicted molar refractivity (Wildman–Crippen MR) is 101 cm³/mol. The lowest BCUT2D eigenvalue weighted by Crippen LogP contribution is -2.34. The second-order valence-electron chi connectivity index (χ2n) is 7.97. The summed E-state index contributed by atoms with van der Waals surface area (Å²) in [5, 5.41) is 0. The lowest BCUT2D eigenvalue weighted by atomic mass is 9.95. The van der Waals surface area contributed by atoms with E-state index in [0.29, 0.717) is 24.5 Å². The van der Waals surface area contributed by atoms with Crippen LogP contribution in [-0.2, 0) is 17.4 Å². The van der Waals surface area contributed by atoms with Gasteiger partial charge in [-0.25, -0.2) is 4.39 Å². The topological polar surface area (TPSA) is 33.2 Å². The molecule has 2 aromatic rings. The number of hydrogen-bond donors (Lipinski definition) is 0. The van der Waals surface area contributed by atoms with Crippen LogP contribution in [0.4, 0.5) is 17.6 Å². The van der Waals surface area contributed by atoms with Crippen molar-refractivity contribution in [2.45, 2.75) is 57.2 Å². The van der Waals surface area contributed by atoms with Crippen LogP contribution in [0.3, 0.4) is 0 Å². The summed E-state index contributed by atoms with van der Waals surface area (Å²) in [7, 11) is 0. The first-order chi connectivity index (χ1) is 13.8. The van der Waals surface area contributed by atoms with Crippen molar-refractivity contribution in [3.8, 4) is 11.1 Å². The molecule has 2 atom stereocenters.